The Hall–Kier alpha value is -3.94. The minimum atomic E-state index is -0.932. The van der Waals surface area contributed by atoms with Crippen molar-refractivity contribution in [1.82, 2.24) is 5.43 Å². The Labute approximate surface area is 186 Å². The zero-order valence-electron chi connectivity index (χ0n) is 18.0. The Morgan fingerprint density at radius 3 is 2.66 bits per heavy atom. The summed E-state index contributed by atoms with van der Waals surface area (Å²) in [6, 6.07) is 11.5. The first-order valence-corrected chi connectivity index (χ1v) is 10.2. The molecule has 0 radical (unpaired) electrons. The van der Waals surface area contributed by atoms with Crippen LogP contribution in [0.5, 0.6) is 5.75 Å². The largest absolute Gasteiger partial charge is 0.506 e. The fourth-order valence-electron chi connectivity index (χ4n) is 3.47. The summed E-state index contributed by atoms with van der Waals surface area (Å²) < 4.78 is 0. The van der Waals surface area contributed by atoms with Crippen molar-refractivity contribution in [1.29, 1.82) is 0 Å². The van der Waals surface area contributed by atoms with E-state index in [2.05, 4.69) is 28.5 Å². The summed E-state index contributed by atoms with van der Waals surface area (Å²) in [5.41, 5.74) is 5.96. The standard InChI is InChI=1S/C24H26N4O4/c1-15(2)18-10-9-16(3)20(13-18)26-27-24(30)23(17-7-5-4-6-8-17)25-21-14-19(28(31)32)11-12-22(21)29/h4-9,11-12,14,18,23,25,29H,1,10,13H2,2-3H3,(H,27,30)/b26-20-. The van der Waals surface area contributed by atoms with Gasteiger partial charge >= 0.3 is 0 Å². The Kier molecular flexibility index (Phi) is 7.04. The van der Waals surface area contributed by atoms with Crippen LogP contribution in [0, 0.1) is 16.0 Å². The van der Waals surface area contributed by atoms with Crippen molar-refractivity contribution in [2.24, 2.45) is 11.0 Å². The highest BCUT2D eigenvalue weighted by Gasteiger charge is 2.24. The van der Waals surface area contributed by atoms with Gasteiger partial charge < -0.3 is 10.4 Å². The van der Waals surface area contributed by atoms with Crippen LogP contribution in [0.1, 0.15) is 38.3 Å². The van der Waals surface area contributed by atoms with Crippen LogP contribution in [-0.4, -0.2) is 21.6 Å². The highest BCUT2D eigenvalue weighted by atomic mass is 16.6. The third kappa shape index (κ3) is 5.40. The molecule has 3 N–H and O–H groups in total. The van der Waals surface area contributed by atoms with Gasteiger partial charge in [0.25, 0.3) is 11.6 Å². The van der Waals surface area contributed by atoms with E-state index in [1.807, 2.05) is 19.9 Å². The maximum atomic E-state index is 13.1. The number of phenolic OH excluding ortho intramolecular Hbond substituents is 1. The van der Waals surface area contributed by atoms with Crippen molar-refractivity contribution < 1.29 is 14.8 Å². The van der Waals surface area contributed by atoms with Crippen molar-refractivity contribution in [2.45, 2.75) is 32.7 Å². The molecule has 2 atom stereocenters. The second kappa shape index (κ2) is 9.91. The predicted molar refractivity (Wildman–Crippen MR) is 124 cm³/mol. The van der Waals surface area contributed by atoms with Crippen LogP contribution in [0.4, 0.5) is 11.4 Å². The molecule has 2 aromatic carbocycles. The van der Waals surface area contributed by atoms with Gasteiger partial charge in [-0.2, -0.15) is 5.10 Å². The van der Waals surface area contributed by atoms with E-state index in [4.69, 9.17) is 0 Å². The number of phenols is 1. The maximum absolute atomic E-state index is 13.1. The number of carbonyl (C=O) groups is 1. The second-order valence-electron chi connectivity index (χ2n) is 7.85. The molecule has 8 heteroatoms. The molecule has 0 aromatic heterocycles. The number of hydrazone groups is 1. The summed E-state index contributed by atoms with van der Waals surface area (Å²) in [7, 11) is 0. The van der Waals surface area contributed by atoms with Crippen LogP contribution in [0.3, 0.4) is 0 Å². The first-order chi connectivity index (χ1) is 15.3. The maximum Gasteiger partial charge on any atom is 0.271 e. The lowest BCUT2D eigenvalue weighted by atomic mass is 9.85. The molecule has 2 unspecified atom stereocenters. The van der Waals surface area contributed by atoms with Gasteiger partial charge in [0, 0.05) is 12.1 Å². The summed E-state index contributed by atoms with van der Waals surface area (Å²) >= 11 is 0. The molecule has 0 spiro atoms. The predicted octanol–water partition coefficient (Wildman–Crippen LogP) is 4.86. The van der Waals surface area contributed by atoms with Gasteiger partial charge in [0.15, 0.2) is 0 Å². The number of hydrogen-bond donors (Lipinski definition) is 3. The number of non-ortho nitro benzene ring substituents is 1. The van der Waals surface area contributed by atoms with Gasteiger partial charge in [-0.15, -0.1) is 0 Å². The van der Waals surface area contributed by atoms with Crippen molar-refractivity contribution in [2.75, 3.05) is 5.32 Å². The lowest BCUT2D eigenvalue weighted by Gasteiger charge is -2.23. The number of allylic oxidation sites excluding steroid dienone is 3. The molecule has 0 aliphatic heterocycles. The van der Waals surface area contributed by atoms with Gasteiger partial charge in [-0.1, -0.05) is 48.6 Å². The van der Waals surface area contributed by atoms with E-state index >= 15 is 0 Å². The van der Waals surface area contributed by atoms with Gasteiger partial charge in [-0.25, -0.2) is 5.43 Å². The number of aromatic hydroxyl groups is 1. The van der Waals surface area contributed by atoms with Gasteiger partial charge in [0.05, 0.1) is 16.3 Å². The van der Waals surface area contributed by atoms with Crippen LogP contribution in [0.2, 0.25) is 0 Å². The van der Waals surface area contributed by atoms with E-state index < -0.39 is 16.9 Å². The summed E-state index contributed by atoms with van der Waals surface area (Å²) in [4.78, 5) is 23.7. The molecular formula is C24H26N4O4. The van der Waals surface area contributed by atoms with Crippen molar-refractivity contribution >= 4 is 23.0 Å². The minimum absolute atomic E-state index is 0.0759. The quantitative estimate of drug-likeness (QED) is 0.249. The molecule has 3 rings (SSSR count). The normalized spacial score (nSPS) is 17.9. The smallest absolute Gasteiger partial charge is 0.271 e. The number of nitro groups is 1. The van der Waals surface area contributed by atoms with Gasteiger partial charge in [-0.05, 0) is 49.8 Å². The zero-order chi connectivity index (χ0) is 23.3. The van der Waals surface area contributed by atoms with Gasteiger partial charge in [-0.3, -0.25) is 14.9 Å². The molecule has 166 valence electrons. The molecule has 0 heterocycles. The number of benzene rings is 2. The van der Waals surface area contributed by atoms with Crippen molar-refractivity contribution in [3.63, 3.8) is 0 Å². The number of nitro benzene ring substituents is 1. The molecule has 2 aromatic rings. The summed E-state index contributed by atoms with van der Waals surface area (Å²) in [6.07, 6.45) is 3.67. The second-order valence-corrected chi connectivity index (χ2v) is 7.85. The first kappa shape index (κ1) is 22.7. The highest BCUT2D eigenvalue weighted by Crippen LogP contribution is 2.31. The Morgan fingerprint density at radius 2 is 2.00 bits per heavy atom. The fourth-order valence-corrected chi connectivity index (χ4v) is 3.47. The number of rotatable bonds is 7. The van der Waals surface area contributed by atoms with Crippen LogP contribution >= 0.6 is 0 Å². The molecule has 8 nitrogen and oxygen atoms in total. The van der Waals surface area contributed by atoms with Crippen LogP contribution in [0.15, 0.2) is 77.4 Å². The number of anilines is 1. The lowest BCUT2D eigenvalue weighted by molar-refractivity contribution is -0.384. The number of hydrogen-bond acceptors (Lipinski definition) is 6. The molecule has 32 heavy (non-hydrogen) atoms. The lowest BCUT2D eigenvalue weighted by Crippen LogP contribution is -2.32. The average Bonchev–Trinajstić information content (AvgIpc) is 2.78. The number of carbonyl (C=O) groups excluding carboxylic acids is 1. The van der Waals surface area contributed by atoms with Gasteiger partial charge in [0.1, 0.15) is 11.8 Å². The molecule has 0 fully saturated rings. The number of nitrogens with one attached hydrogen (secondary N) is 2. The van der Waals surface area contributed by atoms with Crippen molar-refractivity contribution in [3.8, 4) is 5.75 Å². The summed E-state index contributed by atoms with van der Waals surface area (Å²) in [6.45, 7) is 7.96. The molecule has 1 aliphatic carbocycles. The van der Waals surface area contributed by atoms with Crippen LogP contribution < -0.4 is 10.7 Å². The highest BCUT2D eigenvalue weighted by molar-refractivity contribution is 6.01. The van der Waals surface area contributed by atoms with Crippen LogP contribution in [0.25, 0.3) is 0 Å². The van der Waals surface area contributed by atoms with E-state index in [0.29, 0.717) is 12.0 Å². The minimum Gasteiger partial charge on any atom is -0.506 e. The van der Waals surface area contributed by atoms with E-state index in [1.165, 1.54) is 18.2 Å². The molecule has 1 aliphatic rings. The monoisotopic (exact) mass is 434 g/mol. The average molecular weight is 434 g/mol. The number of amides is 1. The molecule has 1 amide bonds. The molecule has 0 bridgehead atoms. The Balaban J connectivity index is 1.87. The Morgan fingerprint density at radius 1 is 1.28 bits per heavy atom. The zero-order valence-corrected chi connectivity index (χ0v) is 18.0. The third-order valence-corrected chi connectivity index (χ3v) is 5.49. The van der Waals surface area contributed by atoms with Crippen molar-refractivity contribution in [3.05, 3.63) is 88.0 Å². The van der Waals surface area contributed by atoms with E-state index in [9.17, 15) is 20.0 Å². The van der Waals surface area contributed by atoms with Gasteiger partial charge in [0.2, 0.25) is 0 Å². The van der Waals surface area contributed by atoms with E-state index in [0.717, 1.165) is 23.3 Å². The topological polar surface area (TPSA) is 117 Å². The van der Waals surface area contributed by atoms with Crippen LogP contribution in [-0.2, 0) is 4.79 Å². The Bertz CT molecular complexity index is 1090. The molecule has 0 saturated carbocycles. The summed E-state index contributed by atoms with van der Waals surface area (Å²) in [5.74, 6) is -0.384. The fraction of sp³-hybridized carbons (Fsp3) is 0.250. The number of nitrogens with zero attached hydrogens (tertiary/aromatic N) is 2. The third-order valence-electron chi connectivity index (χ3n) is 5.49. The first-order valence-electron chi connectivity index (χ1n) is 10.2. The molecule has 0 saturated heterocycles. The summed E-state index contributed by atoms with van der Waals surface area (Å²) in [5, 5.41) is 28.6. The molecular weight excluding hydrogens is 408 g/mol. The van der Waals surface area contributed by atoms with E-state index in [-0.39, 0.29) is 23.0 Å². The SMILES string of the molecule is C=C(C)C1CC=C(C)/C(=N\NC(=O)C(Nc2cc([N+](=O)[O-])ccc2O)c2ccccc2)C1. The van der Waals surface area contributed by atoms with E-state index in [1.54, 1.807) is 24.3 Å².